The second-order valence-corrected chi connectivity index (χ2v) is 10.2. The lowest BCUT2D eigenvalue weighted by Gasteiger charge is -2.51. The van der Waals surface area contributed by atoms with E-state index in [-0.39, 0.29) is 11.6 Å². The molecular formula is C28H28N6O8. The van der Waals surface area contributed by atoms with Crippen molar-refractivity contribution in [3.63, 3.8) is 0 Å². The fourth-order valence-electron chi connectivity index (χ4n) is 5.82. The summed E-state index contributed by atoms with van der Waals surface area (Å²) in [5.74, 6) is 0.315. The number of carbonyl (C=O) groups is 2. The number of benzene rings is 2. The third kappa shape index (κ3) is 5.69. The summed E-state index contributed by atoms with van der Waals surface area (Å²) in [5, 5.41) is 23.1. The van der Waals surface area contributed by atoms with Gasteiger partial charge in [-0.1, -0.05) is 6.08 Å². The Morgan fingerprint density at radius 2 is 1.86 bits per heavy atom. The summed E-state index contributed by atoms with van der Waals surface area (Å²) in [6.45, 7) is 5.58. The van der Waals surface area contributed by atoms with Crippen LogP contribution in [-0.4, -0.2) is 58.0 Å². The molecular weight excluding hydrogens is 548 g/mol. The summed E-state index contributed by atoms with van der Waals surface area (Å²) < 4.78 is 11.4. The van der Waals surface area contributed by atoms with Crippen LogP contribution in [0.15, 0.2) is 61.3 Å². The second-order valence-electron chi connectivity index (χ2n) is 10.2. The maximum atomic E-state index is 13.1. The van der Waals surface area contributed by atoms with E-state index in [0.29, 0.717) is 28.7 Å². The zero-order chi connectivity index (χ0) is 30.0. The highest BCUT2D eigenvalue weighted by Crippen LogP contribution is 2.43. The Kier molecular flexibility index (Phi) is 7.97. The number of pyridine rings is 1. The average molecular weight is 577 g/mol. The fraction of sp³-hybridized carbons (Fsp3) is 0.321. The molecule has 5 atom stereocenters. The van der Waals surface area contributed by atoms with Gasteiger partial charge in [-0.3, -0.25) is 40.3 Å². The summed E-state index contributed by atoms with van der Waals surface area (Å²) in [4.78, 5) is 53.2. The van der Waals surface area contributed by atoms with Gasteiger partial charge in [-0.15, -0.1) is 6.58 Å². The highest BCUT2D eigenvalue weighted by atomic mass is 16.6. The van der Waals surface area contributed by atoms with Gasteiger partial charge in [-0.2, -0.15) is 0 Å². The van der Waals surface area contributed by atoms with E-state index in [0.717, 1.165) is 49.5 Å². The van der Waals surface area contributed by atoms with Gasteiger partial charge in [0.1, 0.15) is 11.9 Å². The first-order valence-electron chi connectivity index (χ1n) is 13.2. The van der Waals surface area contributed by atoms with Gasteiger partial charge >= 0.3 is 6.09 Å². The van der Waals surface area contributed by atoms with Gasteiger partial charge in [0, 0.05) is 35.8 Å². The topological polar surface area (TPSA) is 179 Å². The average Bonchev–Trinajstić information content (AvgIpc) is 3.01. The first-order chi connectivity index (χ1) is 20.2. The molecule has 218 valence electrons. The van der Waals surface area contributed by atoms with Crippen LogP contribution in [0.2, 0.25) is 0 Å². The summed E-state index contributed by atoms with van der Waals surface area (Å²) in [5.41, 5.74) is 4.03. The SMILES string of the molecule is C=CC1CN2CCC1CC2[C@H](OC(=O)NNC(=O)c1cc([N+](=O)[O-])cc([N+](=O)[O-])c1)c1ccnc2ccc(OC)cc12. The van der Waals surface area contributed by atoms with Crippen molar-refractivity contribution in [2.45, 2.75) is 25.0 Å². The molecule has 2 aromatic carbocycles. The molecule has 0 saturated carbocycles. The minimum Gasteiger partial charge on any atom is -0.497 e. The van der Waals surface area contributed by atoms with E-state index >= 15 is 0 Å². The summed E-state index contributed by atoms with van der Waals surface area (Å²) >= 11 is 0. The van der Waals surface area contributed by atoms with Crippen LogP contribution in [0.25, 0.3) is 10.9 Å². The van der Waals surface area contributed by atoms with Crippen LogP contribution in [0.4, 0.5) is 16.2 Å². The number of nitro groups is 2. The summed E-state index contributed by atoms with van der Waals surface area (Å²) in [6, 6.07) is 9.53. The fourth-order valence-corrected chi connectivity index (χ4v) is 5.82. The zero-order valence-electron chi connectivity index (χ0n) is 22.6. The molecule has 14 nitrogen and oxygen atoms in total. The molecule has 3 aliphatic rings. The molecule has 3 fully saturated rings. The number of non-ortho nitro benzene ring substituents is 2. The molecule has 4 heterocycles. The Balaban J connectivity index is 1.40. The molecule has 2 N–H and O–H groups in total. The molecule has 0 spiro atoms. The van der Waals surface area contributed by atoms with Crippen LogP contribution in [0, 0.1) is 32.1 Å². The van der Waals surface area contributed by atoms with E-state index in [1.807, 2.05) is 18.2 Å². The van der Waals surface area contributed by atoms with Crippen LogP contribution >= 0.6 is 0 Å². The molecule has 3 aromatic rings. The lowest BCUT2D eigenvalue weighted by Crippen LogP contribution is -2.56. The molecule has 42 heavy (non-hydrogen) atoms. The number of fused-ring (bicyclic) bond motifs is 4. The predicted octanol–water partition coefficient (Wildman–Crippen LogP) is 4.07. The first kappa shape index (κ1) is 28.4. The minimum absolute atomic E-state index is 0.169. The molecule has 0 aliphatic carbocycles. The van der Waals surface area contributed by atoms with E-state index in [1.54, 1.807) is 25.4 Å². The van der Waals surface area contributed by atoms with E-state index in [9.17, 15) is 29.8 Å². The standard InChI is InChI=1S/C28H28N6O8/c1-3-16-15-32-9-7-17(16)12-25(32)26(22-6-8-29-24-5-4-21(41-2)14-23(22)24)42-28(36)31-30-27(35)18-10-19(33(37)38)13-20(11-18)34(39)40/h3-6,8,10-11,13-14,16-17,25-26H,1,7,9,12,15H2,2H3,(H,30,35)(H,31,36)/t16?,17?,25?,26-/m1/s1. The number of nitrogens with zero attached hydrogens (tertiary/aromatic N) is 4. The van der Waals surface area contributed by atoms with Crippen LogP contribution in [0.3, 0.4) is 0 Å². The Hall–Kier alpha value is -5.11. The van der Waals surface area contributed by atoms with Gasteiger partial charge in [0.25, 0.3) is 17.3 Å². The number of aromatic nitrogens is 1. The van der Waals surface area contributed by atoms with Gasteiger partial charge in [0.05, 0.1) is 40.1 Å². The smallest absolute Gasteiger partial charge is 0.426 e. The largest absolute Gasteiger partial charge is 0.497 e. The van der Waals surface area contributed by atoms with Crippen molar-refractivity contribution in [3.05, 3.63) is 92.7 Å². The molecule has 3 saturated heterocycles. The number of nitrogens with one attached hydrogen (secondary N) is 2. The van der Waals surface area contributed by atoms with Crippen molar-refractivity contribution >= 4 is 34.3 Å². The number of hydrogen-bond donors (Lipinski definition) is 2. The maximum Gasteiger partial charge on any atom is 0.426 e. The van der Waals surface area contributed by atoms with E-state index in [2.05, 4.69) is 27.3 Å². The minimum atomic E-state index is -0.997. The number of ether oxygens (including phenoxy) is 2. The van der Waals surface area contributed by atoms with Gasteiger partial charge in [0.15, 0.2) is 0 Å². The van der Waals surface area contributed by atoms with Crippen molar-refractivity contribution in [1.29, 1.82) is 0 Å². The molecule has 6 rings (SSSR count). The number of nitro benzene ring substituents is 2. The zero-order valence-corrected chi connectivity index (χ0v) is 22.6. The maximum absolute atomic E-state index is 13.1. The van der Waals surface area contributed by atoms with Crippen LogP contribution < -0.4 is 15.6 Å². The van der Waals surface area contributed by atoms with Crippen molar-refractivity contribution in [2.75, 3.05) is 20.2 Å². The number of rotatable bonds is 8. The first-order valence-corrected chi connectivity index (χ1v) is 13.2. The van der Waals surface area contributed by atoms with E-state index in [1.165, 1.54) is 0 Å². The third-order valence-corrected chi connectivity index (χ3v) is 7.89. The van der Waals surface area contributed by atoms with Crippen LogP contribution in [-0.2, 0) is 4.74 Å². The molecule has 2 bridgehead atoms. The number of methoxy groups -OCH3 is 1. The van der Waals surface area contributed by atoms with Crippen molar-refractivity contribution in [1.82, 2.24) is 20.7 Å². The summed E-state index contributed by atoms with van der Waals surface area (Å²) in [6.07, 6.45) is 3.62. The number of hydrogen-bond acceptors (Lipinski definition) is 10. The third-order valence-electron chi connectivity index (χ3n) is 7.89. The molecule has 2 amide bonds. The number of amides is 2. The quantitative estimate of drug-likeness (QED) is 0.225. The normalized spacial score (nSPS) is 21.6. The lowest BCUT2D eigenvalue weighted by molar-refractivity contribution is -0.394. The lowest BCUT2D eigenvalue weighted by atomic mass is 9.73. The molecule has 0 radical (unpaired) electrons. The molecule has 1 aromatic heterocycles. The van der Waals surface area contributed by atoms with E-state index in [4.69, 9.17) is 9.47 Å². The monoisotopic (exact) mass is 576 g/mol. The Labute approximate surface area is 239 Å². The second kappa shape index (κ2) is 11.8. The van der Waals surface area contributed by atoms with Gasteiger partial charge in [-0.05, 0) is 55.5 Å². The summed E-state index contributed by atoms with van der Waals surface area (Å²) in [7, 11) is 1.55. The Morgan fingerprint density at radius 3 is 2.48 bits per heavy atom. The highest BCUT2D eigenvalue weighted by molar-refractivity contribution is 5.96. The number of piperidine rings is 3. The predicted molar refractivity (Wildman–Crippen MR) is 150 cm³/mol. The van der Waals surface area contributed by atoms with Crippen molar-refractivity contribution < 1.29 is 28.9 Å². The van der Waals surface area contributed by atoms with Gasteiger partial charge in [0.2, 0.25) is 0 Å². The molecule has 4 unspecified atom stereocenters. The Bertz CT molecular complexity index is 1550. The van der Waals surface area contributed by atoms with Gasteiger partial charge in [-0.25, -0.2) is 10.2 Å². The Morgan fingerprint density at radius 1 is 1.12 bits per heavy atom. The van der Waals surface area contributed by atoms with Crippen molar-refractivity contribution in [2.24, 2.45) is 11.8 Å². The van der Waals surface area contributed by atoms with Crippen LogP contribution in [0.5, 0.6) is 5.75 Å². The number of hydrazine groups is 1. The highest BCUT2D eigenvalue weighted by Gasteiger charge is 2.44. The number of carbonyl (C=O) groups excluding carboxylic acids is 2. The van der Waals surface area contributed by atoms with E-state index < -0.39 is 39.3 Å². The van der Waals surface area contributed by atoms with Gasteiger partial charge < -0.3 is 9.47 Å². The van der Waals surface area contributed by atoms with Crippen molar-refractivity contribution in [3.8, 4) is 5.75 Å². The molecule has 14 heteroatoms. The molecule has 3 aliphatic heterocycles. The van der Waals surface area contributed by atoms with Crippen LogP contribution in [0.1, 0.15) is 34.9 Å².